The van der Waals surface area contributed by atoms with Crippen molar-refractivity contribution in [3.8, 4) is 5.75 Å². The highest BCUT2D eigenvalue weighted by Crippen LogP contribution is 2.33. The summed E-state index contributed by atoms with van der Waals surface area (Å²) in [7, 11) is 0. The monoisotopic (exact) mass is 235 g/mol. The molecule has 1 aliphatic heterocycles. The Kier molecular flexibility index (Phi) is 3.64. The molecule has 92 valence electrons. The van der Waals surface area contributed by atoms with Crippen molar-refractivity contribution in [3.05, 3.63) is 29.8 Å². The van der Waals surface area contributed by atoms with E-state index in [1.165, 1.54) is 0 Å². The second-order valence-corrected chi connectivity index (χ2v) is 4.13. The molecule has 1 saturated heterocycles. The lowest BCUT2D eigenvalue weighted by molar-refractivity contribution is -0.127. The molecule has 0 saturated carbocycles. The third kappa shape index (κ3) is 2.58. The van der Waals surface area contributed by atoms with E-state index in [1.54, 1.807) is 0 Å². The fourth-order valence-electron chi connectivity index (χ4n) is 2.18. The number of para-hydroxylation sites is 1. The van der Waals surface area contributed by atoms with E-state index in [1.807, 2.05) is 31.2 Å². The van der Waals surface area contributed by atoms with Gasteiger partial charge in [0.25, 0.3) is 0 Å². The number of aliphatic hydroxyl groups is 1. The van der Waals surface area contributed by atoms with E-state index in [4.69, 9.17) is 4.74 Å². The molecule has 1 fully saturated rings. The van der Waals surface area contributed by atoms with E-state index in [-0.39, 0.29) is 11.8 Å². The summed E-state index contributed by atoms with van der Waals surface area (Å²) in [6.45, 7) is 2.52. The van der Waals surface area contributed by atoms with E-state index in [2.05, 4.69) is 5.32 Å². The van der Waals surface area contributed by atoms with Crippen molar-refractivity contribution in [1.82, 2.24) is 5.32 Å². The molecule has 0 aromatic heterocycles. The maximum Gasteiger partial charge on any atom is 0.222 e. The van der Waals surface area contributed by atoms with E-state index in [9.17, 15) is 9.90 Å². The van der Waals surface area contributed by atoms with Gasteiger partial charge in [-0.25, -0.2) is 0 Å². The van der Waals surface area contributed by atoms with Crippen molar-refractivity contribution < 1.29 is 14.6 Å². The van der Waals surface area contributed by atoms with Crippen molar-refractivity contribution in [2.75, 3.05) is 6.61 Å². The standard InChI is InChI=1S/C13H17NO3/c1-2-17-11-6-4-3-5-9(11)10-7-8-12(15)14-13(10)16/h3-6,10,13,16H,2,7-8H2,1H3,(H,14,15). The van der Waals surface area contributed by atoms with E-state index in [0.717, 1.165) is 11.3 Å². The molecule has 0 bridgehead atoms. The van der Waals surface area contributed by atoms with Crippen LogP contribution >= 0.6 is 0 Å². The van der Waals surface area contributed by atoms with Crippen molar-refractivity contribution >= 4 is 5.91 Å². The second-order valence-electron chi connectivity index (χ2n) is 4.13. The van der Waals surface area contributed by atoms with Gasteiger partial charge in [-0.15, -0.1) is 0 Å². The number of carbonyl (C=O) groups excluding carboxylic acids is 1. The number of ether oxygens (including phenoxy) is 1. The molecule has 17 heavy (non-hydrogen) atoms. The van der Waals surface area contributed by atoms with Crippen molar-refractivity contribution in [2.24, 2.45) is 0 Å². The molecule has 4 heteroatoms. The molecule has 4 nitrogen and oxygen atoms in total. The third-order valence-corrected chi connectivity index (χ3v) is 2.99. The van der Waals surface area contributed by atoms with Crippen LogP contribution in [0.4, 0.5) is 0 Å². The summed E-state index contributed by atoms with van der Waals surface area (Å²) in [4.78, 5) is 11.2. The van der Waals surface area contributed by atoms with Crippen LogP contribution < -0.4 is 10.1 Å². The van der Waals surface area contributed by atoms with Crippen LogP contribution in [0, 0.1) is 0 Å². The van der Waals surface area contributed by atoms with Gasteiger partial charge in [-0.1, -0.05) is 18.2 Å². The molecule has 2 atom stereocenters. The number of hydrogen-bond acceptors (Lipinski definition) is 3. The molecular formula is C13H17NO3. The highest BCUT2D eigenvalue weighted by Gasteiger charge is 2.29. The number of piperidine rings is 1. The molecule has 2 N–H and O–H groups in total. The summed E-state index contributed by atoms with van der Waals surface area (Å²) < 4.78 is 5.54. The van der Waals surface area contributed by atoms with Crippen LogP contribution in [0.15, 0.2) is 24.3 Å². The van der Waals surface area contributed by atoms with Gasteiger partial charge in [0, 0.05) is 17.9 Å². The van der Waals surface area contributed by atoms with Gasteiger partial charge in [-0.2, -0.15) is 0 Å². The van der Waals surface area contributed by atoms with Gasteiger partial charge in [0.2, 0.25) is 5.91 Å². The lowest BCUT2D eigenvalue weighted by Gasteiger charge is -2.29. The fourth-order valence-corrected chi connectivity index (χ4v) is 2.18. The lowest BCUT2D eigenvalue weighted by Crippen LogP contribution is -2.43. The minimum atomic E-state index is -0.821. The first-order chi connectivity index (χ1) is 8.22. The van der Waals surface area contributed by atoms with Crippen molar-refractivity contribution in [1.29, 1.82) is 0 Å². The van der Waals surface area contributed by atoms with Gasteiger partial charge in [0.15, 0.2) is 0 Å². The topological polar surface area (TPSA) is 58.6 Å². The van der Waals surface area contributed by atoms with Crippen LogP contribution in [0.1, 0.15) is 31.2 Å². The normalized spacial score (nSPS) is 24.2. The number of hydrogen-bond donors (Lipinski definition) is 2. The molecule has 1 heterocycles. The largest absolute Gasteiger partial charge is 0.494 e. The van der Waals surface area contributed by atoms with Crippen LogP contribution in [0.3, 0.4) is 0 Å². The van der Waals surface area contributed by atoms with Gasteiger partial charge in [-0.05, 0) is 19.4 Å². The number of carbonyl (C=O) groups is 1. The maximum atomic E-state index is 11.2. The van der Waals surface area contributed by atoms with Gasteiger partial charge >= 0.3 is 0 Å². The minimum absolute atomic E-state index is 0.0875. The van der Waals surface area contributed by atoms with E-state index >= 15 is 0 Å². The highest BCUT2D eigenvalue weighted by molar-refractivity contribution is 5.77. The van der Waals surface area contributed by atoms with Gasteiger partial charge < -0.3 is 15.2 Å². The van der Waals surface area contributed by atoms with E-state index in [0.29, 0.717) is 19.4 Å². The second kappa shape index (κ2) is 5.19. The van der Waals surface area contributed by atoms with Gasteiger partial charge in [0.05, 0.1) is 6.61 Å². The zero-order valence-corrected chi connectivity index (χ0v) is 9.85. The van der Waals surface area contributed by atoms with Gasteiger partial charge in [0.1, 0.15) is 12.0 Å². The first kappa shape index (κ1) is 11.9. The Morgan fingerprint density at radius 3 is 2.94 bits per heavy atom. The van der Waals surface area contributed by atoms with Crippen LogP contribution in [-0.4, -0.2) is 23.8 Å². The molecule has 1 aliphatic rings. The van der Waals surface area contributed by atoms with Gasteiger partial charge in [-0.3, -0.25) is 4.79 Å². The summed E-state index contributed by atoms with van der Waals surface area (Å²) in [5.41, 5.74) is 0.960. The lowest BCUT2D eigenvalue weighted by atomic mass is 9.89. The zero-order chi connectivity index (χ0) is 12.3. The van der Waals surface area contributed by atoms with Crippen LogP contribution in [0.2, 0.25) is 0 Å². The molecule has 1 aromatic rings. The molecule has 2 rings (SSSR count). The van der Waals surface area contributed by atoms with Crippen molar-refractivity contribution in [2.45, 2.75) is 31.9 Å². The predicted octanol–water partition coefficient (Wildman–Crippen LogP) is 1.40. The Balaban J connectivity index is 2.23. The Hall–Kier alpha value is -1.55. The summed E-state index contributed by atoms with van der Waals surface area (Å²) in [5, 5.41) is 12.5. The molecular weight excluding hydrogens is 218 g/mol. The summed E-state index contributed by atoms with van der Waals surface area (Å²) in [6, 6.07) is 7.65. The fraction of sp³-hybridized carbons (Fsp3) is 0.462. The summed E-state index contributed by atoms with van der Waals surface area (Å²) >= 11 is 0. The first-order valence-electron chi connectivity index (χ1n) is 5.91. The minimum Gasteiger partial charge on any atom is -0.494 e. The predicted molar refractivity (Wildman–Crippen MR) is 63.7 cm³/mol. The molecule has 0 radical (unpaired) electrons. The average Bonchev–Trinajstić information content (AvgIpc) is 2.31. The number of rotatable bonds is 3. The first-order valence-corrected chi connectivity index (χ1v) is 5.91. The molecule has 1 amide bonds. The number of benzene rings is 1. The smallest absolute Gasteiger partial charge is 0.222 e. The Morgan fingerprint density at radius 1 is 1.47 bits per heavy atom. The van der Waals surface area contributed by atoms with Crippen LogP contribution in [0.5, 0.6) is 5.75 Å². The molecule has 2 unspecified atom stereocenters. The Labute approximate surface area is 101 Å². The third-order valence-electron chi connectivity index (χ3n) is 2.99. The number of nitrogens with one attached hydrogen (secondary N) is 1. The number of aliphatic hydroxyl groups excluding tert-OH is 1. The Bertz CT molecular complexity index is 405. The molecule has 0 aliphatic carbocycles. The molecule has 1 aromatic carbocycles. The number of amides is 1. The quantitative estimate of drug-likeness (QED) is 0.832. The zero-order valence-electron chi connectivity index (χ0n) is 9.85. The van der Waals surface area contributed by atoms with E-state index < -0.39 is 6.23 Å². The summed E-state index contributed by atoms with van der Waals surface area (Å²) in [6.07, 6.45) is 0.275. The average molecular weight is 235 g/mol. The Morgan fingerprint density at radius 2 is 2.24 bits per heavy atom. The summed E-state index contributed by atoms with van der Waals surface area (Å²) in [5.74, 6) is 0.605. The molecule has 0 spiro atoms. The SMILES string of the molecule is CCOc1ccccc1C1CCC(=O)NC1O. The van der Waals surface area contributed by atoms with Crippen LogP contribution in [0.25, 0.3) is 0 Å². The maximum absolute atomic E-state index is 11.2. The van der Waals surface area contributed by atoms with Crippen LogP contribution in [-0.2, 0) is 4.79 Å². The highest BCUT2D eigenvalue weighted by atomic mass is 16.5. The van der Waals surface area contributed by atoms with Crippen molar-refractivity contribution in [3.63, 3.8) is 0 Å².